The second-order valence-electron chi connectivity index (χ2n) is 4.48. The summed E-state index contributed by atoms with van der Waals surface area (Å²) in [4.78, 5) is 11.6. The van der Waals surface area contributed by atoms with Crippen molar-refractivity contribution in [2.75, 3.05) is 7.05 Å². The van der Waals surface area contributed by atoms with Crippen LogP contribution in [0.15, 0.2) is 36.1 Å². The number of nitrogens with one attached hydrogen (secondary N) is 1. The van der Waals surface area contributed by atoms with E-state index in [4.69, 9.17) is 4.74 Å². The molecule has 20 heavy (non-hydrogen) atoms. The number of carbonyl (C=O) groups is 1. The zero-order valence-corrected chi connectivity index (χ0v) is 12.9. The van der Waals surface area contributed by atoms with Gasteiger partial charge in [0, 0.05) is 13.5 Å². The van der Waals surface area contributed by atoms with Crippen LogP contribution in [0.25, 0.3) is 0 Å². The Hall–Kier alpha value is -1.77. The molecule has 1 aliphatic rings. The number of carbonyl (C=O) groups excluding carboxylic acids is 1. The fourth-order valence-corrected chi connectivity index (χ4v) is 2.32. The van der Waals surface area contributed by atoms with E-state index >= 15 is 0 Å². The maximum Gasteiger partial charge on any atom is 0.285 e. The van der Waals surface area contributed by atoms with E-state index in [1.54, 1.807) is 13.1 Å². The van der Waals surface area contributed by atoms with Gasteiger partial charge in [-0.3, -0.25) is 4.79 Å². The van der Waals surface area contributed by atoms with Gasteiger partial charge in [0.1, 0.15) is 6.10 Å². The summed E-state index contributed by atoms with van der Waals surface area (Å²) in [6, 6.07) is 8.43. The van der Waals surface area contributed by atoms with Gasteiger partial charge >= 0.3 is 0 Å². The minimum Gasteiger partial charge on any atom is -0.485 e. The van der Waals surface area contributed by atoms with E-state index in [0.29, 0.717) is 5.76 Å². The standard InChI is InChI=1S/C15H19NO2.C2H6/c1-3-14(15(17)16-2)18-13-9-8-11-6-4-5-7-12(11)10-13;1-2/h3-7,13H,8-10H2,1-2H3,(H,16,17);1-2H3/b14-3+;. The third-order valence-corrected chi connectivity index (χ3v) is 3.31. The maximum atomic E-state index is 11.6. The number of likely N-dealkylation sites (N-methyl/N-ethyl adjacent to an activating group) is 1. The Bertz CT molecular complexity index is 466. The molecule has 1 N–H and O–H groups in total. The lowest BCUT2D eigenvalue weighted by molar-refractivity contribution is -0.121. The third kappa shape index (κ3) is 4.12. The Balaban J connectivity index is 0.000000956. The predicted molar refractivity (Wildman–Crippen MR) is 82.5 cm³/mol. The highest BCUT2D eigenvalue weighted by Crippen LogP contribution is 2.24. The topological polar surface area (TPSA) is 38.3 Å². The molecule has 0 aromatic heterocycles. The average Bonchev–Trinajstić information content (AvgIpc) is 2.53. The van der Waals surface area contributed by atoms with E-state index in [1.165, 1.54) is 11.1 Å². The molecule has 1 amide bonds. The van der Waals surface area contributed by atoms with Gasteiger partial charge in [0.25, 0.3) is 5.91 Å². The average molecular weight is 275 g/mol. The first-order valence-electron chi connectivity index (χ1n) is 7.36. The van der Waals surface area contributed by atoms with Gasteiger partial charge in [0.05, 0.1) is 0 Å². The molecule has 0 spiro atoms. The van der Waals surface area contributed by atoms with Crippen molar-refractivity contribution in [2.45, 2.75) is 46.1 Å². The fraction of sp³-hybridized carbons (Fsp3) is 0.471. The monoisotopic (exact) mass is 275 g/mol. The summed E-state index contributed by atoms with van der Waals surface area (Å²) in [7, 11) is 1.62. The molecule has 1 aromatic carbocycles. The fourth-order valence-electron chi connectivity index (χ4n) is 2.32. The molecule has 3 heteroatoms. The van der Waals surface area contributed by atoms with E-state index in [9.17, 15) is 4.79 Å². The van der Waals surface area contributed by atoms with Gasteiger partial charge in [-0.25, -0.2) is 0 Å². The Kier molecular flexibility index (Phi) is 6.85. The highest BCUT2D eigenvalue weighted by Gasteiger charge is 2.21. The van der Waals surface area contributed by atoms with Crippen molar-refractivity contribution in [1.29, 1.82) is 0 Å². The molecular formula is C17H25NO2. The largest absolute Gasteiger partial charge is 0.485 e. The summed E-state index contributed by atoms with van der Waals surface area (Å²) in [5.74, 6) is 0.262. The molecule has 0 fully saturated rings. The second-order valence-corrected chi connectivity index (χ2v) is 4.48. The number of fused-ring (bicyclic) bond motifs is 1. The Morgan fingerprint density at radius 2 is 1.95 bits per heavy atom. The minimum absolute atomic E-state index is 0.100. The summed E-state index contributed by atoms with van der Waals surface area (Å²) >= 11 is 0. The van der Waals surface area contributed by atoms with E-state index in [1.807, 2.05) is 20.8 Å². The first-order chi connectivity index (χ1) is 9.74. The predicted octanol–water partition coefficient (Wildman–Crippen LogP) is 3.24. The molecule has 0 saturated heterocycles. The molecule has 1 atom stereocenters. The minimum atomic E-state index is -0.156. The van der Waals surface area contributed by atoms with Crippen LogP contribution in [-0.4, -0.2) is 19.1 Å². The van der Waals surface area contributed by atoms with Crippen LogP contribution in [-0.2, 0) is 22.4 Å². The molecule has 0 heterocycles. The smallest absolute Gasteiger partial charge is 0.285 e. The normalized spacial score (nSPS) is 17.4. The van der Waals surface area contributed by atoms with Crippen LogP contribution in [0.2, 0.25) is 0 Å². The van der Waals surface area contributed by atoms with Crippen molar-refractivity contribution >= 4 is 5.91 Å². The number of hydrogen-bond donors (Lipinski definition) is 1. The molecule has 0 aliphatic heterocycles. The van der Waals surface area contributed by atoms with Crippen LogP contribution in [0.4, 0.5) is 0 Å². The van der Waals surface area contributed by atoms with Crippen molar-refractivity contribution in [3.8, 4) is 0 Å². The third-order valence-electron chi connectivity index (χ3n) is 3.31. The van der Waals surface area contributed by atoms with Gasteiger partial charge in [0.15, 0.2) is 5.76 Å². The van der Waals surface area contributed by atoms with Crippen LogP contribution >= 0.6 is 0 Å². The Labute approximate surface area is 122 Å². The lowest BCUT2D eigenvalue weighted by atomic mass is 9.90. The summed E-state index contributed by atoms with van der Waals surface area (Å²) in [5, 5.41) is 2.59. The molecule has 1 aliphatic carbocycles. The van der Waals surface area contributed by atoms with Crippen molar-refractivity contribution in [3.63, 3.8) is 0 Å². The van der Waals surface area contributed by atoms with Gasteiger partial charge in [-0.1, -0.05) is 38.1 Å². The van der Waals surface area contributed by atoms with Crippen LogP contribution in [0.5, 0.6) is 0 Å². The van der Waals surface area contributed by atoms with Gasteiger partial charge < -0.3 is 10.1 Å². The van der Waals surface area contributed by atoms with Crippen molar-refractivity contribution < 1.29 is 9.53 Å². The highest BCUT2D eigenvalue weighted by atomic mass is 16.5. The summed E-state index contributed by atoms with van der Waals surface area (Å²) in [6.07, 6.45) is 4.68. The van der Waals surface area contributed by atoms with Gasteiger partial charge in [-0.2, -0.15) is 0 Å². The highest BCUT2D eigenvalue weighted by molar-refractivity contribution is 5.91. The molecule has 1 aromatic rings. The molecule has 0 saturated carbocycles. The van der Waals surface area contributed by atoms with E-state index < -0.39 is 0 Å². The van der Waals surface area contributed by atoms with Crippen LogP contribution in [0, 0.1) is 0 Å². The molecule has 0 radical (unpaired) electrons. The van der Waals surface area contributed by atoms with Gasteiger partial charge in [0.2, 0.25) is 0 Å². The number of aryl methyl sites for hydroxylation is 1. The summed E-state index contributed by atoms with van der Waals surface area (Å²) < 4.78 is 5.80. The summed E-state index contributed by atoms with van der Waals surface area (Å²) in [6.45, 7) is 5.82. The number of allylic oxidation sites excluding steroid dienone is 1. The molecule has 0 bridgehead atoms. The first-order valence-corrected chi connectivity index (χ1v) is 7.36. The first kappa shape index (κ1) is 16.3. The maximum absolute atomic E-state index is 11.6. The molecule has 1 unspecified atom stereocenters. The Morgan fingerprint density at radius 3 is 2.55 bits per heavy atom. The van der Waals surface area contributed by atoms with E-state index in [0.717, 1.165) is 19.3 Å². The number of benzene rings is 1. The molecular weight excluding hydrogens is 250 g/mol. The Morgan fingerprint density at radius 1 is 1.30 bits per heavy atom. The van der Waals surface area contributed by atoms with Crippen LogP contribution in [0.3, 0.4) is 0 Å². The van der Waals surface area contributed by atoms with Gasteiger partial charge in [-0.05, 0) is 37.0 Å². The quantitative estimate of drug-likeness (QED) is 0.679. The lowest BCUT2D eigenvalue weighted by Crippen LogP contribution is -2.28. The zero-order chi connectivity index (χ0) is 15.0. The van der Waals surface area contributed by atoms with E-state index in [2.05, 4.69) is 29.6 Å². The van der Waals surface area contributed by atoms with Crippen molar-refractivity contribution in [2.24, 2.45) is 0 Å². The summed E-state index contributed by atoms with van der Waals surface area (Å²) in [5.41, 5.74) is 2.74. The van der Waals surface area contributed by atoms with E-state index in [-0.39, 0.29) is 12.0 Å². The number of rotatable bonds is 3. The van der Waals surface area contributed by atoms with Crippen molar-refractivity contribution in [3.05, 3.63) is 47.2 Å². The zero-order valence-electron chi connectivity index (χ0n) is 12.9. The van der Waals surface area contributed by atoms with Gasteiger partial charge in [-0.15, -0.1) is 0 Å². The number of ether oxygens (including phenoxy) is 1. The number of hydrogen-bond acceptors (Lipinski definition) is 2. The second kappa shape index (κ2) is 8.41. The number of amides is 1. The van der Waals surface area contributed by atoms with Crippen LogP contribution in [0.1, 0.15) is 38.3 Å². The SMILES string of the molecule is C/C=C(/OC1CCc2ccccc2C1)C(=O)NC.CC. The molecule has 3 nitrogen and oxygen atoms in total. The lowest BCUT2D eigenvalue weighted by Gasteiger charge is -2.26. The molecule has 2 rings (SSSR count). The molecule has 110 valence electrons. The van der Waals surface area contributed by atoms with Crippen LogP contribution < -0.4 is 5.32 Å². The van der Waals surface area contributed by atoms with Crippen molar-refractivity contribution in [1.82, 2.24) is 5.32 Å².